The van der Waals surface area contributed by atoms with Gasteiger partial charge >= 0.3 is 5.97 Å². The van der Waals surface area contributed by atoms with E-state index in [1.165, 1.54) is 6.42 Å². The lowest BCUT2D eigenvalue weighted by molar-refractivity contribution is -0.142. The number of amides is 1. The van der Waals surface area contributed by atoms with E-state index in [1.54, 1.807) is 0 Å². The lowest BCUT2D eigenvalue weighted by Gasteiger charge is -2.41. The first-order valence-corrected chi connectivity index (χ1v) is 7.07. The van der Waals surface area contributed by atoms with Crippen molar-refractivity contribution in [2.24, 2.45) is 23.2 Å². The Morgan fingerprint density at radius 1 is 1.17 bits per heavy atom. The smallest absolute Gasteiger partial charge is 0.303 e. The van der Waals surface area contributed by atoms with E-state index in [4.69, 9.17) is 5.11 Å². The molecular formula is C14H21NO3. The summed E-state index contributed by atoms with van der Waals surface area (Å²) < 4.78 is 0. The Kier molecular flexibility index (Phi) is 2.83. The highest BCUT2D eigenvalue weighted by Gasteiger charge is 2.48. The second kappa shape index (κ2) is 4.25. The number of carbonyl (C=O) groups excluding carboxylic acids is 1. The number of hydrogen-bond donors (Lipinski definition) is 2. The first-order valence-electron chi connectivity index (χ1n) is 7.07. The van der Waals surface area contributed by atoms with Gasteiger partial charge in [-0.05, 0) is 49.4 Å². The molecule has 2 N–H and O–H groups in total. The topological polar surface area (TPSA) is 66.4 Å². The van der Waals surface area contributed by atoms with Gasteiger partial charge < -0.3 is 10.4 Å². The van der Waals surface area contributed by atoms with Crippen molar-refractivity contribution in [3.05, 3.63) is 0 Å². The van der Waals surface area contributed by atoms with Crippen molar-refractivity contribution in [2.45, 2.75) is 44.9 Å². The van der Waals surface area contributed by atoms with Gasteiger partial charge in [-0.25, -0.2) is 0 Å². The molecule has 2 unspecified atom stereocenters. The van der Waals surface area contributed by atoms with E-state index < -0.39 is 5.97 Å². The Bertz CT molecular complexity index is 365. The second-order valence-electron chi connectivity index (χ2n) is 6.57. The molecular weight excluding hydrogens is 230 g/mol. The van der Waals surface area contributed by atoms with Gasteiger partial charge in [0.15, 0.2) is 0 Å². The van der Waals surface area contributed by atoms with Gasteiger partial charge in [0.05, 0.1) is 6.42 Å². The van der Waals surface area contributed by atoms with E-state index in [9.17, 15) is 9.59 Å². The van der Waals surface area contributed by atoms with E-state index in [1.807, 2.05) is 0 Å². The van der Waals surface area contributed by atoms with Crippen LogP contribution in [0.4, 0.5) is 0 Å². The van der Waals surface area contributed by atoms with Gasteiger partial charge in [0.25, 0.3) is 0 Å². The van der Waals surface area contributed by atoms with E-state index >= 15 is 0 Å². The van der Waals surface area contributed by atoms with Crippen LogP contribution in [0, 0.1) is 23.2 Å². The minimum atomic E-state index is -0.744. The predicted molar refractivity (Wildman–Crippen MR) is 65.9 cm³/mol. The van der Waals surface area contributed by atoms with E-state index in [0.717, 1.165) is 43.9 Å². The zero-order valence-corrected chi connectivity index (χ0v) is 10.7. The average molecular weight is 251 g/mol. The Morgan fingerprint density at radius 3 is 2.33 bits per heavy atom. The predicted octanol–water partition coefficient (Wildman–Crippen LogP) is 1.79. The molecule has 0 aromatic carbocycles. The fraction of sp³-hybridized carbons (Fsp3) is 0.857. The molecule has 3 rings (SSSR count). The van der Waals surface area contributed by atoms with Gasteiger partial charge in [0, 0.05) is 12.5 Å². The third-order valence-electron chi connectivity index (χ3n) is 5.19. The van der Waals surface area contributed by atoms with Crippen LogP contribution < -0.4 is 5.32 Å². The average Bonchev–Trinajstić information content (AvgIpc) is 2.88. The summed E-state index contributed by atoms with van der Waals surface area (Å²) in [4.78, 5) is 22.9. The third kappa shape index (κ3) is 2.25. The molecule has 4 heteroatoms. The lowest BCUT2D eigenvalue weighted by Crippen LogP contribution is -2.45. The summed E-state index contributed by atoms with van der Waals surface area (Å²) in [5, 5.41) is 11.9. The molecule has 18 heavy (non-hydrogen) atoms. The summed E-state index contributed by atoms with van der Waals surface area (Å²) >= 11 is 0. The van der Waals surface area contributed by atoms with Gasteiger partial charge in [-0.1, -0.05) is 6.42 Å². The molecule has 3 saturated carbocycles. The molecule has 2 atom stereocenters. The van der Waals surface area contributed by atoms with Crippen molar-refractivity contribution in [1.82, 2.24) is 5.32 Å². The van der Waals surface area contributed by atoms with Crippen molar-refractivity contribution in [3.8, 4) is 0 Å². The molecule has 4 nitrogen and oxygen atoms in total. The summed E-state index contributed by atoms with van der Waals surface area (Å²) in [6, 6.07) is 0. The largest absolute Gasteiger partial charge is 0.481 e. The molecule has 0 radical (unpaired) electrons. The SMILES string of the molecule is O=C(O)CC1(CNC(=O)C2CC3CC3C2)CCC1. The molecule has 1 amide bonds. The molecule has 3 fully saturated rings. The minimum Gasteiger partial charge on any atom is -0.481 e. The van der Waals surface area contributed by atoms with Gasteiger partial charge in [0.1, 0.15) is 0 Å². The number of carboxylic acid groups (broad SMARTS) is 1. The fourth-order valence-electron chi connectivity index (χ4n) is 3.76. The molecule has 0 saturated heterocycles. The number of carboxylic acids is 1. The number of rotatable bonds is 5. The van der Waals surface area contributed by atoms with Crippen LogP contribution in [0.2, 0.25) is 0 Å². The van der Waals surface area contributed by atoms with Crippen LogP contribution in [0.5, 0.6) is 0 Å². The zero-order chi connectivity index (χ0) is 12.8. The van der Waals surface area contributed by atoms with Crippen molar-refractivity contribution in [2.75, 3.05) is 6.54 Å². The van der Waals surface area contributed by atoms with Crippen LogP contribution in [0.25, 0.3) is 0 Å². The molecule has 0 aromatic heterocycles. The number of carbonyl (C=O) groups is 2. The standard InChI is InChI=1S/C14H21NO3/c16-12(17)7-14(2-1-3-14)8-15-13(18)11-5-9-4-10(9)6-11/h9-11H,1-8H2,(H,15,18)(H,16,17). The van der Waals surface area contributed by atoms with E-state index in [-0.39, 0.29) is 23.7 Å². The van der Waals surface area contributed by atoms with Gasteiger partial charge in [0.2, 0.25) is 5.91 Å². The van der Waals surface area contributed by atoms with Crippen molar-refractivity contribution in [1.29, 1.82) is 0 Å². The Hall–Kier alpha value is -1.06. The molecule has 0 bridgehead atoms. The van der Waals surface area contributed by atoms with Crippen LogP contribution in [-0.2, 0) is 9.59 Å². The molecule has 3 aliphatic rings. The highest BCUT2D eigenvalue weighted by molar-refractivity contribution is 5.79. The third-order valence-corrected chi connectivity index (χ3v) is 5.19. The van der Waals surface area contributed by atoms with Crippen molar-refractivity contribution >= 4 is 11.9 Å². The maximum atomic E-state index is 12.0. The number of aliphatic carboxylic acids is 1. The molecule has 0 aromatic rings. The lowest BCUT2D eigenvalue weighted by atomic mass is 9.66. The Morgan fingerprint density at radius 2 is 1.83 bits per heavy atom. The van der Waals surface area contributed by atoms with Gasteiger partial charge in [-0.15, -0.1) is 0 Å². The number of hydrogen-bond acceptors (Lipinski definition) is 2. The van der Waals surface area contributed by atoms with Crippen LogP contribution in [0.3, 0.4) is 0 Å². The zero-order valence-electron chi connectivity index (χ0n) is 10.7. The van der Waals surface area contributed by atoms with Gasteiger partial charge in [-0.3, -0.25) is 9.59 Å². The first kappa shape index (κ1) is 12.0. The highest BCUT2D eigenvalue weighted by atomic mass is 16.4. The molecule has 100 valence electrons. The molecule has 0 spiro atoms. The number of fused-ring (bicyclic) bond motifs is 1. The summed E-state index contributed by atoms with van der Waals surface area (Å²) in [6.07, 6.45) is 6.61. The summed E-state index contributed by atoms with van der Waals surface area (Å²) in [5.41, 5.74) is -0.150. The number of nitrogens with one attached hydrogen (secondary N) is 1. The van der Waals surface area contributed by atoms with Crippen molar-refractivity contribution in [3.63, 3.8) is 0 Å². The quantitative estimate of drug-likeness (QED) is 0.783. The van der Waals surface area contributed by atoms with Crippen LogP contribution >= 0.6 is 0 Å². The fourth-order valence-corrected chi connectivity index (χ4v) is 3.76. The minimum absolute atomic E-state index is 0.150. The maximum Gasteiger partial charge on any atom is 0.303 e. The molecule has 0 heterocycles. The summed E-state index contributed by atoms with van der Waals surface area (Å²) in [7, 11) is 0. The monoisotopic (exact) mass is 251 g/mol. The Labute approximate surface area is 107 Å². The van der Waals surface area contributed by atoms with Gasteiger partial charge in [-0.2, -0.15) is 0 Å². The highest BCUT2D eigenvalue weighted by Crippen LogP contribution is 2.54. The maximum absolute atomic E-state index is 12.0. The summed E-state index contributed by atoms with van der Waals surface area (Å²) in [6.45, 7) is 0.559. The molecule has 0 aliphatic heterocycles. The summed E-state index contributed by atoms with van der Waals surface area (Å²) in [5.74, 6) is 1.26. The van der Waals surface area contributed by atoms with Crippen LogP contribution in [-0.4, -0.2) is 23.5 Å². The van der Waals surface area contributed by atoms with E-state index in [0.29, 0.717) is 6.54 Å². The van der Waals surface area contributed by atoms with Crippen LogP contribution in [0.1, 0.15) is 44.9 Å². The van der Waals surface area contributed by atoms with E-state index in [2.05, 4.69) is 5.32 Å². The Balaban J connectivity index is 1.47. The first-order chi connectivity index (χ1) is 8.58. The molecule has 3 aliphatic carbocycles. The normalized spacial score (nSPS) is 35.4. The second-order valence-corrected chi connectivity index (χ2v) is 6.57. The van der Waals surface area contributed by atoms with Crippen molar-refractivity contribution < 1.29 is 14.7 Å². The van der Waals surface area contributed by atoms with Crippen LogP contribution in [0.15, 0.2) is 0 Å².